The lowest BCUT2D eigenvalue weighted by molar-refractivity contribution is -0.384. The highest BCUT2D eigenvalue weighted by Gasteiger charge is 2.10. The Labute approximate surface area is 122 Å². The van der Waals surface area contributed by atoms with E-state index in [-0.39, 0.29) is 10.6 Å². The molecule has 0 radical (unpaired) electrons. The summed E-state index contributed by atoms with van der Waals surface area (Å²) < 4.78 is 0.743. The smallest absolute Gasteiger partial charge is 0.270 e. The van der Waals surface area contributed by atoms with Crippen molar-refractivity contribution in [2.24, 2.45) is 5.92 Å². The molecule has 5 heteroatoms. The molecule has 4 nitrogen and oxygen atoms in total. The van der Waals surface area contributed by atoms with Crippen molar-refractivity contribution in [1.29, 1.82) is 0 Å². The van der Waals surface area contributed by atoms with Crippen LogP contribution < -0.4 is 5.32 Å². The molecule has 1 unspecified atom stereocenters. The maximum Gasteiger partial charge on any atom is 0.270 e. The third kappa shape index (κ3) is 5.19. The van der Waals surface area contributed by atoms with Gasteiger partial charge in [-0.1, -0.05) is 33.1 Å². The molecule has 1 N–H and O–H groups in total. The third-order valence-electron chi connectivity index (χ3n) is 3.29. The summed E-state index contributed by atoms with van der Waals surface area (Å²) in [5.41, 5.74) is 1.02. The molecule has 0 fully saturated rings. The van der Waals surface area contributed by atoms with E-state index in [1.165, 1.54) is 31.4 Å². The second-order valence-electron chi connectivity index (χ2n) is 4.72. The summed E-state index contributed by atoms with van der Waals surface area (Å²) in [5, 5.41) is 14.0. The predicted octanol–water partition coefficient (Wildman–Crippen LogP) is 4.99. The van der Waals surface area contributed by atoms with Gasteiger partial charge >= 0.3 is 0 Å². The third-order valence-corrected chi connectivity index (χ3v) is 3.94. The fraction of sp³-hybridized carbons (Fsp3) is 0.571. The van der Waals surface area contributed by atoms with E-state index in [0.29, 0.717) is 5.92 Å². The number of nitrogens with zero attached hydrogens (tertiary/aromatic N) is 1. The summed E-state index contributed by atoms with van der Waals surface area (Å²) in [6.45, 7) is 5.31. The van der Waals surface area contributed by atoms with E-state index in [1.807, 2.05) is 0 Å². The molecule has 0 bridgehead atoms. The Balaban J connectivity index is 2.59. The largest absolute Gasteiger partial charge is 0.384 e. The minimum Gasteiger partial charge on any atom is -0.384 e. The molecule has 106 valence electrons. The van der Waals surface area contributed by atoms with Crippen molar-refractivity contribution in [2.45, 2.75) is 39.5 Å². The van der Waals surface area contributed by atoms with Gasteiger partial charge in [-0.2, -0.15) is 0 Å². The van der Waals surface area contributed by atoms with Crippen LogP contribution in [0.4, 0.5) is 11.4 Å². The van der Waals surface area contributed by atoms with Crippen LogP contribution in [-0.4, -0.2) is 11.5 Å². The van der Waals surface area contributed by atoms with Gasteiger partial charge in [0.05, 0.1) is 4.92 Å². The van der Waals surface area contributed by atoms with Gasteiger partial charge in [0.2, 0.25) is 0 Å². The molecular weight excluding hydrogens is 308 g/mol. The molecule has 0 amide bonds. The van der Waals surface area contributed by atoms with Gasteiger partial charge in [-0.3, -0.25) is 10.1 Å². The quantitative estimate of drug-likeness (QED) is 0.540. The molecule has 0 saturated heterocycles. The van der Waals surface area contributed by atoms with Crippen molar-refractivity contribution in [3.8, 4) is 0 Å². The highest BCUT2D eigenvalue weighted by atomic mass is 79.9. The van der Waals surface area contributed by atoms with Gasteiger partial charge in [-0.25, -0.2) is 0 Å². The highest BCUT2D eigenvalue weighted by molar-refractivity contribution is 9.10. The number of rotatable bonds is 8. The summed E-state index contributed by atoms with van der Waals surface area (Å²) in [6, 6.07) is 4.82. The van der Waals surface area contributed by atoms with Gasteiger partial charge in [0, 0.05) is 28.8 Å². The number of hydrogen-bond acceptors (Lipinski definition) is 3. The first-order valence-corrected chi connectivity index (χ1v) is 7.55. The van der Waals surface area contributed by atoms with Gasteiger partial charge in [0.15, 0.2) is 0 Å². The molecule has 0 saturated carbocycles. The van der Waals surface area contributed by atoms with Crippen LogP contribution in [0.2, 0.25) is 0 Å². The maximum atomic E-state index is 10.7. The van der Waals surface area contributed by atoms with E-state index < -0.39 is 0 Å². The van der Waals surface area contributed by atoms with E-state index in [2.05, 4.69) is 35.1 Å². The maximum absolute atomic E-state index is 10.7. The molecule has 1 atom stereocenters. The minimum atomic E-state index is -0.384. The summed E-state index contributed by atoms with van der Waals surface area (Å²) in [7, 11) is 0. The molecule has 0 aliphatic carbocycles. The highest BCUT2D eigenvalue weighted by Crippen LogP contribution is 2.27. The number of nitro groups is 1. The molecular formula is C14H21BrN2O2. The monoisotopic (exact) mass is 328 g/mol. The van der Waals surface area contributed by atoms with Crippen LogP contribution in [0, 0.1) is 16.0 Å². The summed E-state index contributed by atoms with van der Waals surface area (Å²) >= 11 is 3.37. The number of benzene rings is 1. The van der Waals surface area contributed by atoms with Crippen LogP contribution in [0.25, 0.3) is 0 Å². The van der Waals surface area contributed by atoms with Crippen molar-refractivity contribution in [1.82, 2.24) is 0 Å². The number of unbranched alkanes of at least 4 members (excludes halogenated alkanes) is 1. The zero-order chi connectivity index (χ0) is 14.3. The second-order valence-corrected chi connectivity index (χ2v) is 5.57. The number of hydrogen-bond donors (Lipinski definition) is 1. The van der Waals surface area contributed by atoms with E-state index >= 15 is 0 Å². The SMILES string of the molecule is CCCCC(CC)CNc1ccc([N+](=O)[O-])cc1Br. The Hall–Kier alpha value is -1.10. The average Bonchev–Trinajstić information content (AvgIpc) is 2.40. The minimum absolute atomic E-state index is 0.107. The lowest BCUT2D eigenvalue weighted by Crippen LogP contribution is -2.14. The van der Waals surface area contributed by atoms with Gasteiger partial charge < -0.3 is 5.32 Å². The lowest BCUT2D eigenvalue weighted by Gasteiger charge is -2.16. The van der Waals surface area contributed by atoms with Crippen LogP contribution in [0.15, 0.2) is 22.7 Å². The van der Waals surface area contributed by atoms with Gasteiger partial charge in [0.1, 0.15) is 0 Å². The molecule has 0 aromatic heterocycles. The first kappa shape index (κ1) is 16.0. The van der Waals surface area contributed by atoms with E-state index in [0.717, 1.165) is 23.1 Å². The normalized spacial score (nSPS) is 12.2. The number of nitro benzene ring substituents is 1. The molecule has 1 rings (SSSR count). The average molecular weight is 329 g/mol. The number of non-ortho nitro benzene ring substituents is 1. The van der Waals surface area contributed by atoms with Crippen LogP contribution >= 0.6 is 15.9 Å². The van der Waals surface area contributed by atoms with Crippen LogP contribution in [0.3, 0.4) is 0 Å². The van der Waals surface area contributed by atoms with Crippen molar-refractivity contribution in [3.05, 3.63) is 32.8 Å². The zero-order valence-corrected chi connectivity index (χ0v) is 13.1. The Bertz CT molecular complexity index is 424. The Morgan fingerprint density at radius 2 is 2.16 bits per heavy atom. The molecule has 1 aromatic rings. The van der Waals surface area contributed by atoms with E-state index in [4.69, 9.17) is 0 Å². The fourth-order valence-corrected chi connectivity index (χ4v) is 2.47. The topological polar surface area (TPSA) is 55.2 Å². The van der Waals surface area contributed by atoms with Gasteiger partial charge in [-0.15, -0.1) is 0 Å². The van der Waals surface area contributed by atoms with Gasteiger partial charge in [0.25, 0.3) is 5.69 Å². The fourth-order valence-electron chi connectivity index (χ4n) is 1.96. The Kier molecular flexibility index (Phi) is 6.84. The van der Waals surface area contributed by atoms with E-state index in [1.54, 1.807) is 6.07 Å². The van der Waals surface area contributed by atoms with Crippen LogP contribution in [0.5, 0.6) is 0 Å². The molecule has 19 heavy (non-hydrogen) atoms. The number of halogens is 1. The molecule has 0 spiro atoms. The van der Waals surface area contributed by atoms with Crippen LogP contribution in [-0.2, 0) is 0 Å². The summed E-state index contributed by atoms with van der Waals surface area (Å²) in [6.07, 6.45) is 4.85. The number of nitrogens with one attached hydrogen (secondary N) is 1. The molecule has 0 aliphatic rings. The first-order valence-electron chi connectivity index (χ1n) is 6.76. The van der Waals surface area contributed by atoms with Crippen molar-refractivity contribution in [3.63, 3.8) is 0 Å². The van der Waals surface area contributed by atoms with Crippen LogP contribution in [0.1, 0.15) is 39.5 Å². The predicted molar refractivity (Wildman–Crippen MR) is 82.6 cm³/mol. The standard InChI is InChI=1S/C14H21BrN2O2/c1-3-5-6-11(4-2)10-16-14-8-7-12(17(18)19)9-13(14)15/h7-9,11,16H,3-6,10H2,1-2H3. The van der Waals surface area contributed by atoms with E-state index in [9.17, 15) is 10.1 Å². The van der Waals surface area contributed by atoms with Crippen molar-refractivity contribution in [2.75, 3.05) is 11.9 Å². The van der Waals surface area contributed by atoms with Crippen molar-refractivity contribution >= 4 is 27.3 Å². The lowest BCUT2D eigenvalue weighted by atomic mass is 9.99. The van der Waals surface area contributed by atoms with Crippen molar-refractivity contribution < 1.29 is 4.92 Å². The van der Waals surface area contributed by atoms with Gasteiger partial charge in [-0.05, 0) is 34.3 Å². The first-order chi connectivity index (χ1) is 9.08. The molecule has 0 heterocycles. The number of anilines is 1. The molecule has 0 aliphatic heterocycles. The Morgan fingerprint density at radius 3 is 2.68 bits per heavy atom. The zero-order valence-electron chi connectivity index (χ0n) is 11.5. The Morgan fingerprint density at radius 1 is 1.42 bits per heavy atom. The summed E-state index contributed by atoms with van der Waals surface area (Å²) in [5.74, 6) is 0.655. The second kappa shape index (κ2) is 8.15. The summed E-state index contributed by atoms with van der Waals surface area (Å²) in [4.78, 5) is 10.3. The molecule has 1 aromatic carbocycles.